The van der Waals surface area contributed by atoms with E-state index in [2.05, 4.69) is 5.32 Å². The Labute approximate surface area is 126 Å². The Bertz CT molecular complexity index is 652. The van der Waals surface area contributed by atoms with Crippen LogP contribution in [0.3, 0.4) is 0 Å². The van der Waals surface area contributed by atoms with Crippen molar-refractivity contribution in [3.05, 3.63) is 51.7 Å². The van der Waals surface area contributed by atoms with Crippen molar-refractivity contribution < 1.29 is 14.3 Å². The van der Waals surface area contributed by atoms with Gasteiger partial charge >= 0.3 is 5.97 Å². The molecule has 0 bridgehead atoms. The van der Waals surface area contributed by atoms with E-state index in [1.54, 1.807) is 17.5 Å². The quantitative estimate of drug-likeness (QED) is 0.850. The SMILES string of the molecule is COC(=O)c1scc(C)c1NC(=O)C(N)c1ccccc1. The topological polar surface area (TPSA) is 81.4 Å². The van der Waals surface area contributed by atoms with Crippen LogP contribution in [0.1, 0.15) is 26.8 Å². The minimum atomic E-state index is -0.795. The predicted octanol–water partition coefficient (Wildman–Crippen LogP) is 2.48. The molecule has 0 aliphatic rings. The van der Waals surface area contributed by atoms with Crippen LogP contribution in [-0.4, -0.2) is 19.0 Å². The molecule has 0 saturated carbocycles. The van der Waals surface area contributed by atoms with Crippen LogP contribution in [0.2, 0.25) is 0 Å². The molecule has 0 radical (unpaired) electrons. The number of rotatable bonds is 4. The van der Waals surface area contributed by atoms with Gasteiger partial charge in [-0.25, -0.2) is 4.79 Å². The molecule has 0 aliphatic carbocycles. The standard InChI is InChI=1S/C15H16N2O3S/c1-9-8-21-13(15(19)20-2)12(9)17-14(18)11(16)10-6-4-3-5-7-10/h3-8,11H,16H2,1-2H3,(H,17,18). The average Bonchev–Trinajstić information content (AvgIpc) is 2.87. The van der Waals surface area contributed by atoms with E-state index < -0.39 is 12.0 Å². The number of aryl methyl sites for hydroxylation is 1. The van der Waals surface area contributed by atoms with Gasteiger partial charge in [0.1, 0.15) is 10.9 Å². The number of amides is 1. The highest BCUT2D eigenvalue weighted by molar-refractivity contribution is 7.12. The first-order chi connectivity index (χ1) is 10.0. The van der Waals surface area contributed by atoms with Crippen molar-refractivity contribution in [1.29, 1.82) is 0 Å². The van der Waals surface area contributed by atoms with Crippen molar-refractivity contribution in [2.45, 2.75) is 13.0 Å². The Hall–Kier alpha value is -2.18. The van der Waals surface area contributed by atoms with E-state index in [-0.39, 0.29) is 5.91 Å². The fraction of sp³-hybridized carbons (Fsp3) is 0.200. The molecule has 2 aromatic rings. The number of benzene rings is 1. The first kappa shape index (κ1) is 15.2. The molecule has 2 rings (SSSR count). The van der Waals surface area contributed by atoms with E-state index >= 15 is 0 Å². The summed E-state index contributed by atoms with van der Waals surface area (Å²) in [5.74, 6) is -0.843. The van der Waals surface area contributed by atoms with Crippen LogP contribution in [0.5, 0.6) is 0 Å². The molecule has 3 N–H and O–H groups in total. The zero-order valence-corrected chi connectivity index (χ0v) is 12.6. The van der Waals surface area contributed by atoms with Crippen LogP contribution in [-0.2, 0) is 9.53 Å². The van der Waals surface area contributed by atoms with E-state index in [0.717, 1.165) is 5.56 Å². The smallest absolute Gasteiger partial charge is 0.350 e. The zero-order valence-electron chi connectivity index (χ0n) is 11.8. The number of ether oxygens (including phenoxy) is 1. The first-order valence-corrected chi connectivity index (χ1v) is 7.20. The van der Waals surface area contributed by atoms with Crippen molar-refractivity contribution in [1.82, 2.24) is 0 Å². The fourth-order valence-electron chi connectivity index (χ4n) is 1.86. The van der Waals surface area contributed by atoms with Gasteiger partial charge in [-0.1, -0.05) is 30.3 Å². The van der Waals surface area contributed by atoms with E-state index in [1.165, 1.54) is 18.4 Å². The van der Waals surface area contributed by atoms with Gasteiger partial charge in [0.2, 0.25) is 5.91 Å². The van der Waals surface area contributed by atoms with Crippen LogP contribution in [0.15, 0.2) is 35.7 Å². The lowest BCUT2D eigenvalue weighted by Gasteiger charge is -2.13. The second kappa shape index (κ2) is 6.51. The number of carbonyl (C=O) groups excluding carboxylic acids is 2. The van der Waals surface area contributed by atoms with Gasteiger partial charge in [0.15, 0.2) is 0 Å². The molecule has 0 spiro atoms. The molecule has 6 heteroatoms. The van der Waals surface area contributed by atoms with Crippen LogP contribution < -0.4 is 11.1 Å². The molecular weight excluding hydrogens is 288 g/mol. The highest BCUT2D eigenvalue weighted by Crippen LogP contribution is 2.29. The Balaban J connectivity index is 2.20. The maximum atomic E-state index is 12.2. The lowest BCUT2D eigenvalue weighted by atomic mass is 10.1. The van der Waals surface area contributed by atoms with Crippen molar-refractivity contribution in [3.8, 4) is 0 Å². The summed E-state index contributed by atoms with van der Waals surface area (Å²) in [6, 6.07) is 8.26. The summed E-state index contributed by atoms with van der Waals surface area (Å²) in [5.41, 5.74) is 7.91. The third-order valence-electron chi connectivity index (χ3n) is 3.04. The highest BCUT2D eigenvalue weighted by Gasteiger charge is 2.22. The molecule has 0 saturated heterocycles. The summed E-state index contributed by atoms with van der Waals surface area (Å²) in [5, 5.41) is 4.51. The molecule has 1 atom stereocenters. The van der Waals surface area contributed by atoms with Crippen LogP contribution in [0, 0.1) is 6.92 Å². The molecule has 0 aliphatic heterocycles. The third-order valence-corrected chi connectivity index (χ3v) is 4.11. The normalized spacial score (nSPS) is 11.8. The average molecular weight is 304 g/mol. The number of esters is 1. The Kier molecular flexibility index (Phi) is 4.72. The molecule has 21 heavy (non-hydrogen) atoms. The minimum absolute atomic E-state index is 0.364. The first-order valence-electron chi connectivity index (χ1n) is 6.32. The summed E-state index contributed by atoms with van der Waals surface area (Å²) in [4.78, 5) is 24.3. The Morgan fingerprint density at radius 2 is 1.95 bits per heavy atom. The predicted molar refractivity (Wildman–Crippen MR) is 82.4 cm³/mol. The van der Waals surface area contributed by atoms with Gasteiger partial charge in [-0.05, 0) is 23.4 Å². The molecule has 1 aromatic carbocycles. The van der Waals surface area contributed by atoms with Crippen molar-refractivity contribution >= 4 is 28.9 Å². The lowest BCUT2D eigenvalue weighted by molar-refractivity contribution is -0.117. The second-order valence-electron chi connectivity index (χ2n) is 4.49. The summed E-state index contributed by atoms with van der Waals surface area (Å²) >= 11 is 1.23. The number of nitrogens with one attached hydrogen (secondary N) is 1. The van der Waals surface area contributed by atoms with E-state index in [4.69, 9.17) is 10.5 Å². The minimum Gasteiger partial charge on any atom is -0.465 e. The number of thiophene rings is 1. The third kappa shape index (κ3) is 3.29. The molecule has 1 heterocycles. The van der Waals surface area contributed by atoms with Gasteiger partial charge in [-0.15, -0.1) is 11.3 Å². The summed E-state index contributed by atoms with van der Waals surface area (Å²) < 4.78 is 4.71. The summed E-state index contributed by atoms with van der Waals surface area (Å²) in [6.45, 7) is 1.81. The Morgan fingerprint density at radius 1 is 1.29 bits per heavy atom. The summed E-state index contributed by atoms with van der Waals surface area (Å²) in [7, 11) is 1.30. The molecule has 1 unspecified atom stereocenters. The van der Waals surface area contributed by atoms with Gasteiger partial charge in [0, 0.05) is 0 Å². The number of methoxy groups -OCH3 is 1. The molecule has 110 valence electrons. The van der Waals surface area contributed by atoms with Crippen LogP contribution >= 0.6 is 11.3 Å². The van der Waals surface area contributed by atoms with E-state index in [9.17, 15) is 9.59 Å². The van der Waals surface area contributed by atoms with Gasteiger partial charge in [-0.2, -0.15) is 0 Å². The number of carbonyl (C=O) groups is 2. The van der Waals surface area contributed by atoms with Crippen molar-refractivity contribution in [2.75, 3.05) is 12.4 Å². The number of anilines is 1. The molecule has 1 amide bonds. The van der Waals surface area contributed by atoms with Crippen molar-refractivity contribution in [2.24, 2.45) is 5.73 Å². The van der Waals surface area contributed by atoms with Gasteiger partial charge in [0.25, 0.3) is 0 Å². The van der Waals surface area contributed by atoms with Gasteiger partial charge < -0.3 is 15.8 Å². The van der Waals surface area contributed by atoms with E-state index in [0.29, 0.717) is 16.1 Å². The zero-order chi connectivity index (χ0) is 15.4. The second-order valence-corrected chi connectivity index (χ2v) is 5.37. The monoisotopic (exact) mass is 304 g/mol. The summed E-state index contributed by atoms with van der Waals surface area (Å²) in [6.07, 6.45) is 0. The lowest BCUT2D eigenvalue weighted by Crippen LogP contribution is -2.28. The molecular formula is C15H16N2O3S. The highest BCUT2D eigenvalue weighted by atomic mass is 32.1. The van der Waals surface area contributed by atoms with Crippen molar-refractivity contribution in [3.63, 3.8) is 0 Å². The Morgan fingerprint density at radius 3 is 2.57 bits per heavy atom. The fourth-order valence-corrected chi connectivity index (χ4v) is 2.78. The van der Waals surface area contributed by atoms with Crippen LogP contribution in [0.25, 0.3) is 0 Å². The molecule has 0 fully saturated rings. The van der Waals surface area contributed by atoms with Gasteiger partial charge in [-0.3, -0.25) is 4.79 Å². The number of hydrogen-bond donors (Lipinski definition) is 2. The van der Waals surface area contributed by atoms with Gasteiger partial charge in [0.05, 0.1) is 12.8 Å². The maximum Gasteiger partial charge on any atom is 0.350 e. The number of hydrogen-bond acceptors (Lipinski definition) is 5. The number of nitrogens with two attached hydrogens (primary N) is 1. The molecule has 5 nitrogen and oxygen atoms in total. The van der Waals surface area contributed by atoms with Crippen LogP contribution in [0.4, 0.5) is 5.69 Å². The largest absolute Gasteiger partial charge is 0.465 e. The maximum absolute atomic E-state index is 12.2. The molecule has 1 aromatic heterocycles. The van der Waals surface area contributed by atoms with E-state index in [1.807, 2.05) is 25.1 Å².